The maximum absolute atomic E-state index is 11.4. The zero-order valence-corrected chi connectivity index (χ0v) is 10.2. The number of carboxylic acids is 1. The molecule has 6 heteroatoms. The van der Waals surface area contributed by atoms with Crippen LogP contribution >= 0.6 is 0 Å². The third kappa shape index (κ3) is 3.97. The topological polar surface area (TPSA) is 98.7 Å². The minimum Gasteiger partial charge on any atom is -0.507 e. The van der Waals surface area contributed by atoms with Crippen molar-refractivity contribution in [2.45, 2.75) is 13.8 Å². The Hall–Kier alpha value is -2.24. The highest BCUT2D eigenvalue weighted by Gasteiger charge is 2.10. The maximum atomic E-state index is 11.4. The molecule has 6 nitrogen and oxygen atoms in total. The third-order valence-electron chi connectivity index (χ3n) is 2.16. The van der Waals surface area contributed by atoms with E-state index < -0.39 is 12.0 Å². The lowest BCUT2D eigenvalue weighted by molar-refractivity contribution is 0.0694. The van der Waals surface area contributed by atoms with Gasteiger partial charge in [-0.2, -0.15) is 0 Å². The summed E-state index contributed by atoms with van der Waals surface area (Å²) >= 11 is 0. The van der Waals surface area contributed by atoms with E-state index in [9.17, 15) is 14.7 Å². The fraction of sp³-hybridized carbons (Fsp3) is 0.333. The third-order valence-corrected chi connectivity index (χ3v) is 2.16. The molecule has 0 fully saturated rings. The number of aromatic carboxylic acids is 1. The number of carbonyl (C=O) groups excluding carboxylic acids is 1. The van der Waals surface area contributed by atoms with Crippen LogP contribution in [0.15, 0.2) is 18.2 Å². The quantitative estimate of drug-likeness (QED) is 0.657. The van der Waals surface area contributed by atoms with Crippen molar-refractivity contribution in [3.05, 3.63) is 23.8 Å². The molecule has 2 amide bonds. The van der Waals surface area contributed by atoms with Gasteiger partial charge in [0.15, 0.2) is 0 Å². The number of hydrogen-bond donors (Lipinski definition) is 4. The SMILES string of the molecule is CC(C)CNC(=O)Nc1ccc(C(=O)O)c(O)c1. The molecule has 0 aliphatic rings. The van der Waals surface area contributed by atoms with Crippen LogP contribution in [0.5, 0.6) is 5.75 Å². The van der Waals surface area contributed by atoms with Crippen LogP contribution in [0.25, 0.3) is 0 Å². The molecule has 18 heavy (non-hydrogen) atoms. The van der Waals surface area contributed by atoms with Gasteiger partial charge in [-0.05, 0) is 18.1 Å². The summed E-state index contributed by atoms with van der Waals surface area (Å²) in [7, 11) is 0. The fourth-order valence-corrected chi connectivity index (χ4v) is 1.26. The van der Waals surface area contributed by atoms with Crippen molar-refractivity contribution >= 4 is 17.7 Å². The predicted octanol–water partition coefficient (Wildman–Crippen LogP) is 1.87. The van der Waals surface area contributed by atoms with Crippen molar-refractivity contribution in [2.75, 3.05) is 11.9 Å². The minimum absolute atomic E-state index is 0.205. The highest BCUT2D eigenvalue weighted by molar-refractivity contribution is 5.93. The van der Waals surface area contributed by atoms with Crippen LogP contribution in [0.1, 0.15) is 24.2 Å². The van der Waals surface area contributed by atoms with Gasteiger partial charge in [0.25, 0.3) is 0 Å². The first kappa shape index (κ1) is 13.8. The van der Waals surface area contributed by atoms with E-state index in [1.54, 1.807) is 0 Å². The number of carbonyl (C=O) groups is 2. The standard InChI is InChI=1S/C12H16N2O4/c1-7(2)6-13-12(18)14-8-3-4-9(11(16)17)10(15)5-8/h3-5,7,15H,6H2,1-2H3,(H,16,17)(H2,13,14,18). The molecule has 1 aromatic rings. The molecular formula is C12H16N2O4. The van der Waals surface area contributed by atoms with Gasteiger partial charge in [0.05, 0.1) is 0 Å². The van der Waals surface area contributed by atoms with E-state index in [1.165, 1.54) is 18.2 Å². The van der Waals surface area contributed by atoms with Crippen molar-refractivity contribution in [3.8, 4) is 5.75 Å². The first-order chi connectivity index (χ1) is 8.40. The first-order valence-corrected chi connectivity index (χ1v) is 5.51. The van der Waals surface area contributed by atoms with Crippen LogP contribution in [0.2, 0.25) is 0 Å². The highest BCUT2D eigenvalue weighted by atomic mass is 16.4. The van der Waals surface area contributed by atoms with E-state index in [4.69, 9.17) is 5.11 Å². The predicted molar refractivity (Wildman–Crippen MR) is 66.9 cm³/mol. The Balaban J connectivity index is 2.66. The molecule has 0 radical (unpaired) electrons. The smallest absolute Gasteiger partial charge is 0.339 e. The molecule has 1 aromatic carbocycles. The van der Waals surface area contributed by atoms with Crippen LogP contribution in [0.4, 0.5) is 10.5 Å². The number of aromatic hydroxyl groups is 1. The number of urea groups is 1. The van der Waals surface area contributed by atoms with Gasteiger partial charge >= 0.3 is 12.0 Å². The lowest BCUT2D eigenvalue weighted by atomic mass is 10.2. The molecule has 1 rings (SSSR count). The molecule has 0 heterocycles. The Kier molecular flexibility index (Phi) is 4.53. The number of amides is 2. The molecular weight excluding hydrogens is 236 g/mol. The molecule has 0 aromatic heterocycles. The van der Waals surface area contributed by atoms with E-state index >= 15 is 0 Å². The van der Waals surface area contributed by atoms with Gasteiger partial charge in [-0.15, -0.1) is 0 Å². The largest absolute Gasteiger partial charge is 0.507 e. The van der Waals surface area contributed by atoms with Crippen LogP contribution in [0, 0.1) is 5.92 Å². The fourth-order valence-electron chi connectivity index (χ4n) is 1.26. The minimum atomic E-state index is -1.22. The van der Waals surface area contributed by atoms with Crippen molar-refractivity contribution < 1.29 is 19.8 Å². The maximum Gasteiger partial charge on any atom is 0.339 e. The van der Waals surface area contributed by atoms with Gasteiger partial charge in [-0.1, -0.05) is 13.8 Å². The van der Waals surface area contributed by atoms with E-state index in [1.807, 2.05) is 13.8 Å². The second kappa shape index (κ2) is 5.90. The Morgan fingerprint density at radius 2 is 2.00 bits per heavy atom. The van der Waals surface area contributed by atoms with E-state index in [2.05, 4.69) is 10.6 Å². The normalized spacial score (nSPS) is 10.2. The molecule has 0 aliphatic carbocycles. The molecule has 0 saturated carbocycles. The molecule has 0 saturated heterocycles. The number of hydrogen-bond acceptors (Lipinski definition) is 3. The average molecular weight is 252 g/mol. The number of anilines is 1. The van der Waals surface area contributed by atoms with Crippen LogP contribution in [-0.4, -0.2) is 28.8 Å². The second-order valence-corrected chi connectivity index (χ2v) is 4.27. The van der Waals surface area contributed by atoms with E-state index in [0.717, 1.165) is 0 Å². The molecule has 0 aliphatic heterocycles. The second-order valence-electron chi connectivity index (χ2n) is 4.27. The molecule has 0 bridgehead atoms. The molecule has 0 spiro atoms. The van der Waals surface area contributed by atoms with Crippen molar-refractivity contribution in [3.63, 3.8) is 0 Å². The summed E-state index contributed by atoms with van der Waals surface area (Å²) < 4.78 is 0. The summed E-state index contributed by atoms with van der Waals surface area (Å²) in [6.45, 7) is 4.46. The number of phenols is 1. The summed E-state index contributed by atoms with van der Waals surface area (Å²) in [6.07, 6.45) is 0. The van der Waals surface area contributed by atoms with Crippen LogP contribution < -0.4 is 10.6 Å². The van der Waals surface area contributed by atoms with Crippen LogP contribution in [0.3, 0.4) is 0 Å². The van der Waals surface area contributed by atoms with Crippen molar-refractivity contribution in [2.24, 2.45) is 5.92 Å². The van der Waals surface area contributed by atoms with Gasteiger partial charge in [0.1, 0.15) is 11.3 Å². The van der Waals surface area contributed by atoms with Crippen molar-refractivity contribution in [1.29, 1.82) is 0 Å². The highest BCUT2D eigenvalue weighted by Crippen LogP contribution is 2.21. The molecule has 0 unspecified atom stereocenters. The van der Waals surface area contributed by atoms with E-state index in [-0.39, 0.29) is 11.3 Å². The van der Waals surface area contributed by atoms with Gasteiger partial charge in [-0.3, -0.25) is 0 Å². The average Bonchev–Trinajstić information content (AvgIpc) is 2.26. The van der Waals surface area contributed by atoms with Gasteiger partial charge < -0.3 is 20.8 Å². The van der Waals surface area contributed by atoms with Gasteiger partial charge in [0, 0.05) is 18.3 Å². The first-order valence-electron chi connectivity index (χ1n) is 5.51. The monoisotopic (exact) mass is 252 g/mol. The van der Waals surface area contributed by atoms with E-state index in [0.29, 0.717) is 18.2 Å². The van der Waals surface area contributed by atoms with Gasteiger partial charge in [-0.25, -0.2) is 9.59 Å². The number of nitrogens with one attached hydrogen (secondary N) is 2. The summed E-state index contributed by atoms with van der Waals surface area (Å²) in [5, 5.41) is 23.3. The van der Waals surface area contributed by atoms with Gasteiger partial charge in [0.2, 0.25) is 0 Å². The lowest BCUT2D eigenvalue weighted by Crippen LogP contribution is -2.31. The molecule has 4 N–H and O–H groups in total. The Morgan fingerprint density at radius 1 is 1.33 bits per heavy atom. The number of rotatable bonds is 4. The summed E-state index contributed by atoms with van der Waals surface area (Å²) in [5.41, 5.74) is 0.127. The van der Waals surface area contributed by atoms with Crippen molar-refractivity contribution in [1.82, 2.24) is 5.32 Å². The van der Waals surface area contributed by atoms with Crippen LogP contribution in [-0.2, 0) is 0 Å². The summed E-state index contributed by atoms with van der Waals surface area (Å²) in [4.78, 5) is 22.1. The Morgan fingerprint density at radius 3 is 2.50 bits per heavy atom. The lowest BCUT2D eigenvalue weighted by Gasteiger charge is -2.10. The molecule has 98 valence electrons. The number of benzene rings is 1. The zero-order chi connectivity index (χ0) is 13.7. The summed E-state index contributed by atoms with van der Waals surface area (Å²) in [5.74, 6) is -1.27. The number of carboxylic acid groups (broad SMARTS) is 1. The zero-order valence-electron chi connectivity index (χ0n) is 10.2. The summed E-state index contributed by atoms with van der Waals surface area (Å²) in [6, 6.07) is 3.44. The molecule has 0 atom stereocenters. The Labute approximate surface area is 105 Å². The Bertz CT molecular complexity index is 457.